The number of hydrogen-bond acceptors (Lipinski definition) is 3. The van der Waals surface area contributed by atoms with Crippen LogP contribution in [-0.2, 0) is 0 Å². The van der Waals surface area contributed by atoms with Crippen LogP contribution in [0.25, 0.3) is 0 Å². The Morgan fingerprint density at radius 2 is 1.96 bits per heavy atom. The molecule has 1 saturated heterocycles. The van der Waals surface area contributed by atoms with Crippen molar-refractivity contribution in [1.29, 1.82) is 0 Å². The molecule has 0 radical (unpaired) electrons. The van der Waals surface area contributed by atoms with Crippen LogP contribution in [0.1, 0.15) is 39.0 Å². The molecule has 1 unspecified atom stereocenters. The Kier molecular flexibility index (Phi) is 10.2. The summed E-state index contributed by atoms with van der Waals surface area (Å²) < 4.78 is 40.2. The maximum absolute atomic E-state index is 12.1. The molecule has 0 amide bonds. The number of alkyl halides is 3. The summed E-state index contributed by atoms with van der Waals surface area (Å²) in [4.78, 5) is 6.78. The number of rotatable bonds is 7. The maximum Gasteiger partial charge on any atom is 0.573 e. The van der Waals surface area contributed by atoms with Crippen molar-refractivity contribution in [2.45, 2.75) is 51.4 Å². The predicted molar refractivity (Wildman–Crippen MR) is 113 cm³/mol. The highest BCUT2D eigenvalue weighted by Crippen LogP contribution is 2.23. The zero-order valence-corrected chi connectivity index (χ0v) is 17.8. The highest BCUT2D eigenvalue weighted by atomic mass is 127. The highest BCUT2D eigenvalue weighted by Gasteiger charge is 2.30. The van der Waals surface area contributed by atoms with E-state index < -0.39 is 6.36 Å². The van der Waals surface area contributed by atoms with Gasteiger partial charge in [0.15, 0.2) is 5.96 Å². The Morgan fingerprint density at radius 1 is 1.26 bits per heavy atom. The van der Waals surface area contributed by atoms with Crippen LogP contribution in [0.4, 0.5) is 18.9 Å². The Labute approximate surface area is 175 Å². The summed E-state index contributed by atoms with van der Waals surface area (Å²) in [5.41, 5.74) is 6.37. The summed E-state index contributed by atoms with van der Waals surface area (Å²) >= 11 is 0. The van der Waals surface area contributed by atoms with E-state index in [1.54, 1.807) is 0 Å². The molecular weight excluding hydrogens is 472 g/mol. The van der Waals surface area contributed by atoms with Gasteiger partial charge in [0, 0.05) is 18.3 Å². The van der Waals surface area contributed by atoms with Gasteiger partial charge in [0.05, 0.1) is 0 Å². The number of anilines is 1. The fourth-order valence-corrected chi connectivity index (χ4v) is 3.04. The van der Waals surface area contributed by atoms with Crippen molar-refractivity contribution in [3.05, 3.63) is 24.3 Å². The number of guanidine groups is 1. The molecule has 0 aromatic heterocycles. The first-order chi connectivity index (χ1) is 12.3. The molecule has 0 bridgehead atoms. The van der Waals surface area contributed by atoms with Crippen LogP contribution >= 0.6 is 24.0 Å². The zero-order chi connectivity index (χ0) is 19.0. The van der Waals surface area contributed by atoms with Crippen LogP contribution < -0.4 is 15.8 Å². The molecule has 3 N–H and O–H groups in total. The van der Waals surface area contributed by atoms with Gasteiger partial charge in [-0.2, -0.15) is 0 Å². The fourth-order valence-electron chi connectivity index (χ4n) is 3.04. The van der Waals surface area contributed by atoms with E-state index in [0.717, 1.165) is 19.4 Å². The van der Waals surface area contributed by atoms with Gasteiger partial charge in [-0.15, -0.1) is 37.1 Å². The monoisotopic (exact) mass is 500 g/mol. The van der Waals surface area contributed by atoms with Gasteiger partial charge >= 0.3 is 6.36 Å². The number of benzene rings is 1. The number of ether oxygens (including phenoxy) is 1. The van der Waals surface area contributed by atoms with Crippen molar-refractivity contribution in [1.82, 2.24) is 4.90 Å². The van der Waals surface area contributed by atoms with E-state index in [1.165, 1.54) is 50.1 Å². The van der Waals surface area contributed by atoms with Crippen molar-refractivity contribution in [3.8, 4) is 5.75 Å². The molecule has 1 fully saturated rings. The highest BCUT2D eigenvalue weighted by molar-refractivity contribution is 14.0. The number of nitrogens with one attached hydrogen (secondary N) is 1. The summed E-state index contributed by atoms with van der Waals surface area (Å²) in [6.07, 6.45) is 1.22. The standard InChI is InChI=1S/C18H27F3N4O.HI/c1-14-6-2-4-12-25(14)13-5-3-11-23-17(22)24-15-7-9-16(10-8-15)26-18(19,20)21;/h7-10,14H,2-6,11-13H2,1H3,(H3,22,23,24);1H. The fraction of sp³-hybridized carbons (Fsp3) is 0.611. The van der Waals surface area contributed by atoms with Crippen LogP contribution in [-0.4, -0.2) is 42.9 Å². The third-order valence-electron chi connectivity index (χ3n) is 4.44. The molecule has 0 saturated carbocycles. The molecule has 1 atom stereocenters. The van der Waals surface area contributed by atoms with E-state index in [2.05, 4.69) is 26.9 Å². The third-order valence-corrected chi connectivity index (χ3v) is 4.44. The first kappa shape index (κ1) is 23.8. The molecule has 0 spiro atoms. The van der Waals surface area contributed by atoms with Gasteiger partial charge in [-0.05, 0) is 70.0 Å². The number of likely N-dealkylation sites (tertiary alicyclic amines) is 1. The minimum atomic E-state index is -4.69. The summed E-state index contributed by atoms with van der Waals surface area (Å²) in [6, 6.07) is 6.04. The smallest absolute Gasteiger partial charge is 0.406 e. The van der Waals surface area contributed by atoms with Crippen LogP contribution in [0.5, 0.6) is 5.75 Å². The second-order valence-electron chi connectivity index (χ2n) is 6.55. The van der Waals surface area contributed by atoms with Crippen LogP contribution in [0.15, 0.2) is 29.3 Å². The van der Waals surface area contributed by atoms with Crippen molar-refractivity contribution in [2.24, 2.45) is 10.7 Å². The Bertz CT molecular complexity index is 581. The minimum Gasteiger partial charge on any atom is -0.406 e. The Morgan fingerprint density at radius 3 is 2.59 bits per heavy atom. The first-order valence-electron chi connectivity index (χ1n) is 9.00. The molecule has 27 heavy (non-hydrogen) atoms. The van der Waals surface area contributed by atoms with E-state index in [9.17, 15) is 13.2 Å². The van der Waals surface area contributed by atoms with Gasteiger partial charge in [0.1, 0.15) is 5.75 Å². The van der Waals surface area contributed by atoms with Crippen molar-refractivity contribution >= 4 is 35.6 Å². The van der Waals surface area contributed by atoms with E-state index in [0.29, 0.717) is 18.3 Å². The Hall–Kier alpha value is -1.23. The molecule has 2 rings (SSSR count). The number of aliphatic imine (C=N–C) groups is 1. The first-order valence-corrected chi connectivity index (χ1v) is 9.00. The molecule has 0 aliphatic carbocycles. The van der Waals surface area contributed by atoms with Crippen molar-refractivity contribution < 1.29 is 17.9 Å². The van der Waals surface area contributed by atoms with Gasteiger partial charge in [-0.1, -0.05) is 6.42 Å². The molecule has 1 aliphatic rings. The molecule has 9 heteroatoms. The SMILES string of the molecule is CC1CCCCN1CCCCN=C(N)Nc1ccc(OC(F)(F)F)cc1.I. The lowest BCUT2D eigenvalue weighted by atomic mass is 10.0. The van der Waals surface area contributed by atoms with Gasteiger partial charge in [0.25, 0.3) is 0 Å². The minimum absolute atomic E-state index is 0. The van der Waals surface area contributed by atoms with Gasteiger partial charge in [-0.25, -0.2) is 0 Å². The number of unbranched alkanes of at least 4 members (excludes halogenated alkanes) is 1. The largest absolute Gasteiger partial charge is 0.573 e. The second kappa shape index (κ2) is 11.6. The van der Waals surface area contributed by atoms with E-state index in [-0.39, 0.29) is 35.7 Å². The third kappa shape index (κ3) is 9.50. The quantitative estimate of drug-likeness (QED) is 0.249. The summed E-state index contributed by atoms with van der Waals surface area (Å²) in [5, 5.41) is 2.86. The van der Waals surface area contributed by atoms with Crippen LogP contribution in [0.3, 0.4) is 0 Å². The molecule has 1 heterocycles. The molecule has 1 aromatic rings. The average Bonchev–Trinajstić information content (AvgIpc) is 2.56. The molecule has 1 aromatic carbocycles. The number of piperidine rings is 1. The lowest BCUT2D eigenvalue weighted by Crippen LogP contribution is -2.38. The second-order valence-corrected chi connectivity index (χ2v) is 6.55. The van der Waals surface area contributed by atoms with Crippen LogP contribution in [0.2, 0.25) is 0 Å². The molecular formula is C18H28F3IN4O. The normalized spacial score (nSPS) is 18.7. The lowest BCUT2D eigenvalue weighted by Gasteiger charge is -2.33. The van der Waals surface area contributed by atoms with E-state index >= 15 is 0 Å². The number of nitrogens with two attached hydrogens (primary N) is 1. The summed E-state index contributed by atoms with van der Waals surface area (Å²) in [6.45, 7) is 5.17. The Balaban J connectivity index is 0.00000364. The number of hydrogen-bond donors (Lipinski definition) is 2. The number of nitrogens with zero attached hydrogens (tertiary/aromatic N) is 2. The number of halogens is 4. The van der Waals surface area contributed by atoms with E-state index in [1.807, 2.05) is 0 Å². The molecule has 5 nitrogen and oxygen atoms in total. The van der Waals surface area contributed by atoms with Crippen molar-refractivity contribution in [2.75, 3.05) is 25.0 Å². The maximum atomic E-state index is 12.1. The van der Waals surface area contributed by atoms with Crippen LogP contribution in [0, 0.1) is 0 Å². The summed E-state index contributed by atoms with van der Waals surface area (Å²) in [7, 11) is 0. The molecule has 1 aliphatic heterocycles. The lowest BCUT2D eigenvalue weighted by molar-refractivity contribution is -0.274. The van der Waals surface area contributed by atoms with Crippen molar-refractivity contribution in [3.63, 3.8) is 0 Å². The summed E-state index contributed by atoms with van der Waals surface area (Å²) in [5.74, 6) is -0.0219. The van der Waals surface area contributed by atoms with E-state index in [4.69, 9.17) is 5.73 Å². The van der Waals surface area contributed by atoms with Gasteiger partial charge in [-0.3, -0.25) is 4.99 Å². The molecule has 154 valence electrons. The predicted octanol–water partition coefficient (Wildman–Crippen LogP) is 4.58. The zero-order valence-electron chi connectivity index (χ0n) is 15.5. The van der Waals surface area contributed by atoms with Gasteiger partial charge in [0.2, 0.25) is 0 Å². The topological polar surface area (TPSA) is 62.9 Å². The van der Waals surface area contributed by atoms with Gasteiger partial charge < -0.3 is 20.7 Å². The average molecular weight is 500 g/mol.